The Bertz CT molecular complexity index is 5510. The van der Waals surface area contributed by atoms with Gasteiger partial charge in [0.2, 0.25) is 0 Å². The number of rotatable bonds is 6. The summed E-state index contributed by atoms with van der Waals surface area (Å²) in [4.78, 5) is 0. The van der Waals surface area contributed by atoms with E-state index in [2.05, 4.69) is 288 Å². The third-order valence-corrected chi connectivity index (χ3v) is 18.6. The molecule has 6 heteroatoms. The van der Waals surface area contributed by atoms with Crippen LogP contribution in [0.3, 0.4) is 0 Å². The van der Waals surface area contributed by atoms with E-state index in [1.165, 1.54) is 84.9 Å². The molecule has 0 atom stereocenters. The van der Waals surface area contributed by atoms with Crippen LogP contribution in [0.1, 0.15) is 0 Å². The quantitative estimate of drug-likeness (QED) is 0.166. The second-order valence-corrected chi connectivity index (χ2v) is 23.3. The SMILES string of the molecule is c1ccc(-c2ccc3c(c2)sc2cc(-c4ccc5oc6c7ccccc7n(-c7ccccc7)c6c5c4)ccc23)cc1.c1ccc(-c2ccc3c(c2)sc2cc(-c4cccc5oc6c7ccccc7n(-c7ccccc7)c6c45)ccc23)cc1. The van der Waals surface area contributed by atoms with Gasteiger partial charge in [0, 0.05) is 67.9 Å². The van der Waals surface area contributed by atoms with Crippen LogP contribution in [0.15, 0.2) is 288 Å². The zero-order valence-corrected chi connectivity index (χ0v) is 45.7. The number of nitrogens with zero attached hydrogens (tertiary/aromatic N) is 2. The van der Waals surface area contributed by atoms with Crippen LogP contribution in [0.25, 0.3) is 162 Å². The average Bonchev–Trinajstić information content (AvgIpc) is 2.58. The van der Waals surface area contributed by atoms with E-state index in [0.29, 0.717) is 0 Å². The molecular formula is C76H46N2O2S2. The van der Waals surface area contributed by atoms with Gasteiger partial charge in [-0.25, -0.2) is 0 Å². The maximum Gasteiger partial charge on any atom is 0.161 e. The molecule has 18 rings (SSSR count). The molecule has 0 aliphatic rings. The van der Waals surface area contributed by atoms with Crippen molar-refractivity contribution in [3.05, 3.63) is 279 Å². The summed E-state index contributed by atoms with van der Waals surface area (Å²) in [5.74, 6) is 0. The number of benzene rings is 12. The summed E-state index contributed by atoms with van der Waals surface area (Å²) in [5.41, 5.74) is 20.3. The molecule has 18 aromatic rings. The molecule has 6 aromatic heterocycles. The minimum atomic E-state index is 0.908. The van der Waals surface area contributed by atoms with Gasteiger partial charge in [0.25, 0.3) is 0 Å². The molecule has 384 valence electrons. The van der Waals surface area contributed by atoms with Crippen LogP contribution < -0.4 is 0 Å². The predicted octanol–water partition coefficient (Wildman–Crippen LogP) is 22.5. The van der Waals surface area contributed by atoms with Crippen LogP contribution >= 0.6 is 22.7 Å². The topological polar surface area (TPSA) is 36.1 Å². The highest BCUT2D eigenvalue weighted by Gasteiger charge is 2.23. The molecule has 0 aliphatic carbocycles. The molecule has 0 unspecified atom stereocenters. The van der Waals surface area contributed by atoms with Crippen molar-refractivity contribution in [3.63, 3.8) is 0 Å². The van der Waals surface area contributed by atoms with Gasteiger partial charge in [0.05, 0.1) is 16.4 Å². The van der Waals surface area contributed by atoms with E-state index in [1.807, 2.05) is 22.7 Å². The number of furan rings is 2. The molecule has 0 aliphatic heterocycles. The molecule has 6 heterocycles. The molecule has 0 amide bonds. The lowest BCUT2D eigenvalue weighted by atomic mass is 9.99. The van der Waals surface area contributed by atoms with Gasteiger partial charge in [-0.15, -0.1) is 22.7 Å². The Morgan fingerprint density at radius 1 is 0.256 bits per heavy atom. The first kappa shape index (κ1) is 46.7. The van der Waals surface area contributed by atoms with E-state index in [4.69, 9.17) is 8.83 Å². The average molecular weight is 1080 g/mol. The summed E-state index contributed by atoms with van der Waals surface area (Å²) in [6.07, 6.45) is 0. The van der Waals surface area contributed by atoms with Crippen molar-refractivity contribution in [1.82, 2.24) is 9.13 Å². The second-order valence-electron chi connectivity index (χ2n) is 21.1. The van der Waals surface area contributed by atoms with Crippen molar-refractivity contribution in [2.45, 2.75) is 0 Å². The summed E-state index contributed by atoms with van der Waals surface area (Å²) in [6, 6.07) is 99.9. The monoisotopic (exact) mass is 1080 g/mol. The summed E-state index contributed by atoms with van der Waals surface area (Å²) in [5, 5.41) is 9.77. The van der Waals surface area contributed by atoms with Crippen molar-refractivity contribution < 1.29 is 8.83 Å². The smallest absolute Gasteiger partial charge is 0.161 e. The minimum absolute atomic E-state index is 0.908. The zero-order chi connectivity index (χ0) is 53.8. The maximum absolute atomic E-state index is 6.60. The van der Waals surface area contributed by atoms with Gasteiger partial charge in [-0.1, -0.05) is 188 Å². The molecular weight excluding hydrogens is 1040 g/mol. The molecule has 0 fully saturated rings. The normalized spacial score (nSPS) is 11.9. The van der Waals surface area contributed by atoms with Gasteiger partial charge in [0.1, 0.15) is 22.2 Å². The van der Waals surface area contributed by atoms with Gasteiger partial charge in [-0.3, -0.25) is 0 Å². The fraction of sp³-hybridized carbons (Fsp3) is 0. The van der Waals surface area contributed by atoms with Crippen molar-refractivity contribution >= 4 is 129 Å². The summed E-state index contributed by atoms with van der Waals surface area (Å²) < 4.78 is 23.0. The lowest BCUT2D eigenvalue weighted by molar-refractivity contribution is 0.672. The highest BCUT2D eigenvalue weighted by atomic mass is 32.1. The Balaban J connectivity index is 0.000000130. The first-order valence-corrected chi connectivity index (χ1v) is 29.3. The molecule has 0 N–H and O–H groups in total. The number of fused-ring (bicyclic) bond motifs is 16. The van der Waals surface area contributed by atoms with E-state index in [9.17, 15) is 0 Å². The molecule has 0 bridgehead atoms. The van der Waals surface area contributed by atoms with Crippen LogP contribution in [0.5, 0.6) is 0 Å². The van der Waals surface area contributed by atoms with Crippen LogP contribution in [0.4, 0.5) is 0 Å². The van der Waals surface area contributed by atoms with E-state index in [1.54, 1.807) is 0 Å². The first-order valence-electron chi connectivity index (χ1n) is 27.7. The molecule has 0 saturated carbocycles. The summed E-state index contributed by atoms with van der Waals surface area (Å²) in [7, 11) is 0. The highest BCUT2D eigenvalue weighted by molar-refractivity contribution is 7.26. The third-order valence-electron chi connectivity index (χ3n) is 16.4. The fourth-order valence-corrected chi connectivity index (χ4v) is 15.0. The summed E-state index contributed by atoms with van der Waals surface area (Å²) >= 11 is 3.73. The standard InChI is InChI=1S/2C38H23NOS/c1-3-10-24(11-4-1)25-18-20-29-30-21-19-26(23-35(30)41-34(29)22-25)28-15-9-17-33-36(28)37-38(40-33)31-14-7-8-16-32(31)39(37)27-12-5-2-6-13-27;1-3-9-24(10-4-1)26-15-18-29-30-19-16-27(23-36(30)41-35(29)22-26)25-17-20-34-32(21-25)37-38(40-34)31-13-7-8-14-33(31)39(37)28-11-5-2-6-12-28/h2*1-23H. The number of para-hydroxylation sites is 4. The van der Waals surface area contributed by atoms with Gasteiger partial charge in [-0.2, -0.15) is 0 Å². The largest absolute Gasteiger partial charge is 0.454 e. The zero-order valence-electron chi connectivity index (χ0n) is 44.1. The van der Waals surface area contributed by atoms with E-state index < -0.39 is 0 Å². The molecule has 0 spiro atoms. The van der Waals surface area contributed by atoms with Crippen molar-refractivity contribution in [1.29, 1.82) is 0 Å². The number of hydrogen-bond donors (Lipinski definition) is 0. The Kier molecular flexibility index (Phi) is 10.6. The van der Waals surface area contributed by atoms with E-state index in [0.717, 1.165) is 77.3 Å². The maximum atomic E-state index is 6.60. The van der Waals surface area contributed by atoms with Gasteiger partial charge < -0.3 is 18.0 Å². The lowest BCUT2D eigenvalue weighted by Gasteiger charge is -2.09. The first-order chi connectivity index (χ1) is 40.6. The van der Waals surface area contributed by atoms with Crippen LogP contribution in [0, 0.1) is 0 Å². The Hall–Kier alpha value is -10.2. The Morgan fingerprint density at radius 3 is 1.20 bits per heavy atom. The minimum Gasteiger partial charge on any atom is -0.454 e. The van der Waals surface area contributed by atoms with E-state index >= 15 is 0 Å². The van der Waals surface area contributed by atoms with Crippen LogP contribution in [-0.2, 0) is 0 Å². The van der Waals surface area contributed by atoms with Gasteiger partial charge in [-0.05, 0) is 136 Å². The number of thiophene rings is 2. The lowest BCUT2D eigenvalue weighted by Crippen LogP contribution is -1.93. The predicted molar refractivity (Wildman–Crippen MR) is 349 cm³/mol. The molecule has 12 aromatic carbocycles. The van der Waals surface area contributed by atoms with Crippen molar-refractivity contribution in [2.75, 3.05) is 0 Å². The van der Waals surface area contributed by atoms with Crippen molar-refractivity contribution in [2.24, 2.45) is 0 Å². The molecule has 82 heavy (non-hydrogen) atoms. The number of aromatic nitrogens is 2. The Labute approximate surface area is 478 Å². The fourth-order valence-electron chi connectivity index (χ4n) is 12.6. The van der Waals surface area contributed by atoms with Crippen LogP contribution in [0.2, 0.25) is 0 Å². The third kappa shape index (κ3) is 7.43. The summed E-state index contributed by atoms with van der Waals surface area (Å²) in [6.45, 7) is 0. The second kappa shape index (κ2) is 18.7. The van der Waals surface area contributed by atoms with E-state index in [-0.39, 0.29) is 0 Å². The molecule has 4 nitrogen and oxygen atoms in total. The number of hydrogen-bond acceptors (Lipinski definition) is 4. The molecule has 0 saturated heterocycles. The van der Waals surface area contributed by atoms with Crippen molar-refractivity contribution in [3.8, 4) is 55.9 Å². The van der Waals surface area contributed by atoms with Gasteiger partial charge in [0.15, 0.2) is 11.2 Å². The van der Waals surface area contributed by atoms with Crippen LogP contribution in [-0.4, -0.2) is 9.13 Å². The Morgan fingerprint density at radius 2 is 0.659 bits per heavy atom. The van der Waals surface area contributed by atoms with Gasteiger partial charge >= 0.3 is 0 Å². The molecule has 0 radical (unpaired) electrons. The highest BCUT2D eigenvalue weighted by Crippen LogP contribution is 2.46.